The Bertz CT molecular complexity index is 567. The summed E-state index contributed by atoms with van der Waals surface area (Å²) in [6, 6.07) is 7.54. The van der Waals surface area contributed by atoms with Crippen LogP contribution < -0.4 is 0 Å². The van der Waals surface area contributed by atoms with Gasteiger partial charge >= 0.3 is 0 Å². The van der Waals surface area contributed by atoms with E-state index in [1.807, 2.05) is 25.1 Å². The smallest absolute Gasteiger partial charge is 0.119 e. The van der Waals surface area contributed by atoms with Crippen LogP contribution in [0.5, 0.6) is 5.75 Å². The lowest BCUT2D eigenvalue weighted by molar-refractivity contribution is 0.469. The third kappa shape index (κ3) is 7.74. The zero-order valence-corrected chi connectivity index (χ0v) is 14.2. The molecule has 0 aliphatic carbocycles. The molecule has 0 heterocycles. The first kappa shape index (κ1) is 18.1. The van der Waals surface area contributed by atoms with E-state index >= 15 is 0 Å². The van der Waals surface area contributed by atoms with Crippen LogP contribution in [-0.2, 0) is 6.42 Å². The second-order valence-electron chi connectivity index (χ2n) is 5.75. The molecule has 0 saturated carbocycles. The van der Waals surface area contributed by atoms with Crippen molar-refractivity contribution in [1.82, 2.24) is 0 Å². The monoisotopic (exact) mass is 296 g/mol. The summed E-state index contributed by atoms with van der Waals surface area (Å²) in [6.45, 7) is 6.27. The largest absolute Gasteiger partial charge is 0.508 e. The highest BCUT2D eigenvalue weighted by molar-refractivity contribution is 5.33. The van der Waals surface area contributed by atoms with Crippen molar-refractivity contribution in [3.8, 4) is 17.6 Å². The summed E-state index contributed by atoms with van der Waals surface area (Å²) in [5.74, 6) is 6.43. The normalized spacial score (nSPS) is 12.0. The number of aromatic hydroxyl groups is 1. The maximum atomic E-state index is 9.74. The molecule has 1 aromatic rings. The molecule has 22 heavy (non-hydrogen) atoms. The van der Waals surface area contributed by atoms with Gasteiger partial charge in [0.1, 0.15) is 5.75 Å². The molecule has 1 nitrogen and oxygen atoms in total. The number of benzene rings is 1. The van der Waals surface area contributed by atoms with Gasteiger partial charge in [-0.2, -0.15) is 0 Å². The van der Waals surface area contributed by atoms with Crippen molar-refractivity contribution in [1.29, 1.82) is 0 Å². The van der Waals surface area contributed by atoms with Crippen LogP contribution in [0, 0.1) is 11.8 Å². The van der Waals surface area contributed by atoms with E-state index in [1.165, 1.54) is 11.1 Å². The van der Waals surface area contributed by atoms with Crippen LogP contribution in [0.25, 0.3) is 0 Å². The van der Waals surface area contributed by atoms with Crippen molar-refractivity contribution < 1.29 is 5.11 Å². The molecule has 0 atom stereocenters. The van der Waals surface area contributed by atoms with Crippen LogP contribution in [0.15, 0.2) is 47.6 Å². The second-order valence-corrected chi connectivity index (χ2v) is 5.75. The van der Waals surface area contributed by atoms with Gasteiger partial charge in [-0.05, 0) is 64.5 Å². The van der Waals surface area contributed by atoms with E-state index in [1.54, 1.807) is 6.07 Å². The minimum Gasteiger partial charge on any atom is -0.508 e. The van der Waals surface area contributed by atoms with Crippen LogP contribution in [0.3, 0.4) is 0 Å². The van der Waals surface area contributed by atoms with Gasteiger partial charge < -0.3 is 5.11 Å². The molecule has 0 aliphatic rings. The summed E-state index contributed by atoms with van der Waals surface area (Å²) in [5.41, 5.74) is 3.83. The molecule has 0 saturated heterocycles. The molecule has 0 amide bonds. The summed E-state index contributed by atoms with van der Waals surface area (Å²) < 4.78 is 0. The molecule has 0 spiro atoms. The number of hydrogen-bond acceptors (Lipinski definition) is 1. The highest BCUT2D eigenvalue weighted by Crippen LogP contribution is 2.18. The molecule has 1 heteroatoms. The molecular formula is C21H28O. The Morgan fingerprint density at radius 2 is 1.82 bits per heavy atom. The molecule has 0 fully saturated rings. The quantitative estimate of drug-likeness (QED) is 0.365. The minimum absolute atomic E-state index is 0.387. The Hall–Kier alpha value is -1.94. The van der Waals surface area contributed by atoms with Gasteiger partial charge in [-0.1, -0.05) is 41.5 Å². The van der Waals surface area contributed by atoms with Crippen LogP contribution >= 0.6 is 0 Å². The van der Waals surface area contributed by atoms with E-state index in [9.17, 15) is 5.11 Å². The summed E-state index contributed by atoms with van der Waals surface area (Å²) in [7, 11) is 0. The van der Waals surface area contributed by atoms with Crippen LogP contribution in [0.1, 0.15) is 58.4 Å². The fraction of sp³-hybridized carbons (Fsp3) is 0.429. The Balaban J connectivity index is 2.32. The molecule has 118 valence electrons. The molecular weight excluding hydrogens is 268 g/mol. The van der Waals surface area contributed by atoms with Crippen molar-refractivity contribution in [3.63, 3.8) is 0 Å². The summed E-state index contributed by atoms with van der Waals surface area (Å²) >= 11 is 0. The number of para-hydroxylation sites is 1. The number of rotatable bonds is 8. The first-order valence-corrected chi connectivity index (χ1v) is 8.11. The highest BCUT2D eigenvalue weighted by Gasteiger charge is 1.97. The number of phenolic OH excluding ortho intramolecular Hbond substituents is 1. The van der Waals surface area contributed by atoms with Gasteiger partial charge in [-0.25, -0.2) is 0 Å². The lowest BCUT2D eigenvalue weighted by atomic mass is 10.0. The lowest BCUT2D eigenvalue weighted by Crippen LogP contribution is -1.85. The van der Waals surface area contributed by atoms with Crippen LogP contribution in [0.4, 0.5) is 0 Å². The van der Waals surface area contributed by atoms with Gasteiger partial charge in [-0.3, -0.25) is 0 Å². The predicted octanol–water partition coefficient (Wildman–Crippen LogP) is 5.80. The first-order chi connectivity index (χ1) is 10.6. The number of hydrogen-bond donors (Lipinski definition) is 1. The maximum Gasteiger partial charge on any atom is 0.119 e. The van der Waals surface area contributed by atoms with Gasteiger partial charge in [0.15, 0.2) is 0 Å². The summed E-state index contributed by atoms with van der Waals surface area (Å²) in [6.07, 6.45) is 10.8. The van der Waals surface area contributed by atoms with Gasteiger partial charge in [0.25, 0.3) is 0 Å². The molecule has 1 aromatic carbocycles. The average Bonchev–Trinajstić information content (AvgIpc) is 2.51. The maximum absolute atomic E-state index is 9.74. The molecule has 0 unspecified atom stereocenters. The predicted molar refractivity (Wildman–Crippen MR) is 95.9 cm³/mol. The number of phenols is 1. The summed E-state index contributed by atoms with van der Waals surface area (Å²) in [4.78, 5) is 0. The molecule has 0 bridgehead atoms. The summed E-state index contributed by atoms with van der Waals surface area (Å²) in [5, 5.41) is 9.74. The first-order valence-electron chi connectivity index (χ1n) is 8.11. The zero-order chi connectivity index (χ0) is 16.2. The lowest BCUT2D eigenvalue weighted by Gasteiger charge is -2.03. The van der Waals surface area contributed by atoms with E-state index in [0.717, 1.165) is 44.1 Å². The number of unbranched alkanes of at least 4 members (excludes halogenated alkanes) is 1. The van der Waals surface area contributed by atoms with Gasteiger partial charge in [0, 0.05) is 6.42 Å². The topological polar surface area (TPSA) is 20.2 Å². The van der Waals surface area contributed by atoms with Crippen molar-refractivity contribution in [2.24, 2.45) is 0 Å². The van der Waals surface area contributed by atoms with E-state index in [0.29, 0.717) is 5.75 Å². The van der Waals surface area contributed by atoms with E-state index in [4.69, 9.17) is 0 Å². The van der Waals surface area contributed by atoms with E-state index in [-0.39, 0.29) is 0 Å². The Labute approximate surface area is 135 Å². The highest BCUT2D eigenvalue weighted by atomic mass is 16.3. The fourth-order valence-corrected chi connectivity index (χ4v) is 2.30. The molecule has 1 N–H and O–H groups in total. The van der Waals surface area contributed by atoms with Crippen LogP contribution in [0.2, 0.25) is 0 Å². The van der Waals surface area contributed by atoms with Crippen molar-refractivity contribution in [3.05, 3.63) is 53.1 Å². The van der Waals surface area contributed by atoms with Gasteiger partial charge in [0.2, 0.25) is 0 Å². The van der Waals surface area contributed by atoms with E-state index in [2.05, 4.69) is 37.8 Å². The van der Waals surface area contributed by atoms with Gasteiger partial charge in [0.05, 0.1) is 0 Å². The van der Waals surface area contributed by atoms with E-state index < -0.39 is 0 Å². The zero-order valence-electron chi connectivity index (χ0n) is 14.2. The van der Waals surface area contributed by atoms with Gasteiger partial charge in [-0.15, -0.1) is 11.8 Å². The van der Waals surface area contributed by atoms with Crippen LogP contribution in [-0.4, -0.2) is 5.11 Å². The SMILES string of the molecule is CC#CCCC/C(C)=C/CC/C(C)=C/Cc1ccccc1O. The molecule has 1 rings (SSSR count). The molecule has 0 radical (unpaired) electrons. The molecule has 0 aliphatic heterocycles. The Morgan fingerprint density at radius 3 is 2.55 bits per heavy atom. The molecule has 0 aromatic heterocycles. The third-order valence-electron chi connectivity index (χ3n) is 3.74. The van der Waals surface area contributed by atoms with Crippen molar-refractivity contribution in [2.75, 3.05) is 0 Å². The third-order valence-corrected chi connectivity index (χ3v) is 3.74. The average molecular weight is 296 g/mol. The Morgan fingerprint density at radius 1 is 1.09 bits per heavy atom. The van der Waals surface area contributed by atoms with Crippen molar-refractivity contribution in [2.45, 2.75) is 59.3 Å². The standard InChI is InChI=1S/C21H28O/c1-4-5-6-7-11-18(2)12-10-13-19(3)16-17-20-14-8-9-15-21(20)22/h8-9,12,14-16,22H,6-7,10-11,13,17H2,1-3H3/b18-12+,19-16+. The number of allylic oxidation sites excluding steroid dienone is 4. The Kier molecular flexibility index (Phi) is 8.84. The van der Waals surface area contributed by atoms with Crippen molar-refractivity contribution >= 4 is 0 Å². The fourth-order valence-electron chi connectivity index (χ4n) is 2.30. The minimum atomic E-state index is 0.387. The second kappa shape index (κ2) is 10.7.